The lowest BCUT2D eigenvalue weighted by molar-refractivity contribution is 0.0743. The van der Waals surface area contributed by atoms with Gasteiger partial charge in [-0.3, -0.25) is 9.10 Å². The number of anilines is 2. The first kappa shape index (κ1) is 22.0. The van der Waals surface area contributed by atoms with E-state index in [1.54, 1.807) is 18.2 Å². The second-order valence-electron chi connectivity index (χ2n) is 9.09. The number of ether oxygens (including phenoxy) is 1. The molecule has 2 saturated heterocycles. The van der Waals surface area contributed by atoms with Crippen molar-refractivity contribution in [3.63, 3.8) is 0 Å². The van der Waals surface area contributed by atoms with Crippen LogP contribution < -0.4 is 13.9 Å². The summed E-state index contributed by atoms with van der Waals surface area (Å²) >= 11 is 0. The van der Waals surface area contributed by atoms with E-state index >= 15 is 0 Å². The van der Waals surface area contributed by atoms with Crippen LogP contribution in [-0.2, 0) is 10.0 Å². The van der Waals surface area contributed by atoms with Crippen LogP contribution in [0.3, 0.4) is 0 Å². The number of amides is 1. The van der Waals surface area contributed by atoms with Crippen LogP contribution in [0.25, 0.3) is 0 Å². The first-order valence-electron chi connectivity index (χ1n) is 11.6. The smallest absolute Gasteiger partial charge is 0.257 e. The second kappa shape index (κ2) is 8.52. The highest BCUT2D eigenvalue weighted by Gasteiger charge is 2.31. The summed E-state index contributed by atoms with van der Waals surface area (Å²) in [5.41, 5.74) is 3.52. The number of pyridine rings is 1. The van der Waals surface area contributed by atoms with E-state index in [1.165, 1.54) is 35.4 Å². The van der Waals surface area contributed by atoms with Crippen LogP contribution in [0.4, 0.5) is 11.5 Å². The lowest BCUT2D eigenvalue weighted by Gasteiger charge is -2.36. The predicted molar refractivity (Wildman–Crippen MR) is 128 cm³/mol. The Labute approximate surface area is 195 Å². The average molecular weight is 471 g/mol. The molecule has 2 aliphatic heterocycles. The highest BCUT2D eigenvalue weighted by atomic mass is 32.2. The van der Waals surface area contributed by atoms with Gasteiger partial charge in [0, 0.05) is 45.0 Å². The zero-order valence-electron chi connectivity index (χ0n) is 19.2. The van der Waals surface area contributed by atoms with E-state index < -0.39 is 10.0 Å². The molecule has 3 fully saturated rings. The molecule has 0 bridgehead atoms. The quantitative estimate of drug-likeness (QED) is 0.668. The van der Waals surface area contributed by atoms with E-state index in [9.17, 15) is 13.2 Å². The summed E-state index contributed by atoms with van der Waals surface area (Å²) < 4.78 is 31.4. The molecule has 33 heavy (non-hydrogen) atoms. The lowest BCUT2D eigenvalue weighted by atomic mass is 10.1. The maximum absolute atomic E-state index is 13.3. The molecule has 3 aliphatic rings. The summed E-state index contributed by atoms with van der Waals surface area (Å²) in [6.07, 6.45) is 5.14. The van der Waals surface area contributed by atoms with Crippen molar-refractivity contribution in [2.45, 2.75) is 32.1 Å². The van der Waals surface area contributed by atoms with Crippen molar-refractivity contribution in [2.75, 3.05) is 54.8 Å². The van der Waals surface area contributed by atoms with Gasteiger partial charge < -0.3 is 14.5 Å². The van der Waals surface area contributed by atoms with E-state index in [0.29, 0.717) is 49.0 Å². The van der Waals surface area contributed by atoms with Crippen molar-refractivity contribution in [1.29, 1.82) is 0 Å². The molecule has 1 saturated carbocycles. The molecule has 2 aromatic rings. The molecule has 0 atom stereocenters. The minimum absolute atomic E-state index is 0.101. The zero-order valence-corrected chi connectivity index (χ0v) is 20.0. The molecule has 5 rings (SSSR count). The highest BCUT2D eigenvalue weighted by molar-refractivity contribution is 7.93. The van der Waals surface area contributed by atoms with Gasteiger partial charge in [0.25, 0.3) is 5.91 Å². The molecular formula is C24H30N4O4S. The molecule has 176 valence electrons. The molecule has 1 aromatic carbocycles. The molecule has 0 spiro atoms. The lowest BCUT2D eigenvalue weighted by Crippen LogP contribution is -2.49. The Morgan fingerprint density at radius 3 is 2.45 bits per heavy atom. The number of benzene rings is 1. The summed E-state index contributed by atoms with van der Waals surface area (Å²) in [6, 6.07) is 7.29. The molecule has 1 aliphatic carbocycles. The molecule has 8 nitrogen and oxygen atoms in total. The first-order chi connectivity index (χ1) is 15.9. The molecule has 3 heterocycles. The number of nitrogens with zero attached hydrogens (tertiary/aromatic N) is 4. The van der Waals surface area contributed by atoms with Crippen molar-refractivity contribution in [2.24, 2.45) is 0 Å². The Hall–Kier alpha value is -2.81. The average Bonchev–Trinajstić information content (AvgIpc) is 3.61. The minimum Gasteiger partial charge on any atom is -0.496 e. The van der Waals surface area contributed by atoms with E-state index in [1.807, 2.05) is 11.1 Å². The van der Waals surface area contributed by atoms with Crippen LogP contribution in [0.1, 0.15) is 46.7 Å². The third-order valence-electron chi connectivity index (χ3n) is 6.79. The van der Waals surface area contributed by atoms with Gasteiger partial charge in [-0.1, -0.05) is 6.07 Å². The van der Waals surface area contributed by atoms with E-state index in [2.05, 4.69) is 17.9 Å². The summed E-state index contributed by atoms with van der Waals surface area (Å²) in [4.78, 5) is 22.1. The van der Waals surface area contributed by atoms with Gasteiger partial charge in [0.1, 0.15) is 11.6 Å². The number of methoxy groups -OCH3 is 1. The summed E-state index contributed by atoms with van der Waals surface area (Å²) in [5.74, 6) is 2.14. The number of sulfonamides is 1. The number of aryl methyl sites for hydroxylation is 1. The number of hydrogen-bond acceptors (Lipinski definition) is 6. The third kappa shape index (κ3) is 4.26. The van der Waals surface area contributed by atoms with Crippen LogP contribution in [0.15, 0.2) is 30.5 Å². The van der Waals surface area contributed by atoms with E-state index in [-0.39, 0.29) is 11.7 Å². The van der Waals surface area contributed by atoms with Crippen molar-refractivity contribution in [1.82, 2.24) is 9.88 Å². The summed E-state index contributed by atoms with van der Waals surface area (Å²) in [6.45, 7) is 5.18. The Morgan fingerprint density at radius 1 is 1.09 bits per heavy atom. The van der Waals surface area contributed by atoms with Gasteiger partial charge >= 0.3 is 0 Å². The third-order valence-corrected chi connectivity index (χ3v) is 8.66. The van der Waals surface area contributed by atoms with E-state index in [0.717, 1.165) is 18.9 Å². The molecule has 9 heteroatoms. The summed E-state index contributed by atoms with van der Waals surface area (Å²) in [5, 5.41) is 0. The topological polar surface area (TPSA) is 83.0 Å². The van der Waals surface area contributed by atoms with Gasteiger partial charge in [-0.2, -0.15) is 0 Å². The Balaban J connectivity index is 1.28. The van der Waals surface area contributed by atoms with Crippen LogP contribution in [0, 0.1) is 6.92 Å². The number of rotatable bonds is 5. The normalized spacial score (nSPS) is 20.2. The standard InChI is InChI=1S/C24H30N4O4S/c1-17-14-19(18-4-5-18)16-25-23(17)26-9-11-27(12-10-26)24(29)21-7-6-20(15-22(21)32-2)28-8-3-13-33(28,30)31/h6-7,14-16,18H,3-5,8-13H2,1-2H3. The molecule has 0 unspecified atom stereocenters. The number of aromatic nitrogens is 1. The van der Waals surface area contributed by atoms with Crippen LogP contribution in [0.5, 0.6) is 5.75 Å². The monoisotopic (exact) mass is 470 g/mol. The van der Waals surface area contributed by atoms with Gasteiger partial charge in [0.15, 0.2) is 0 Å². The summed E-state index contributed by atoms with van der Waals surface area (Å²) in [7, 11) is -1.78. The molecule has 1 aromatic heterocycles. The van der Waals surface area contributed by atoms with Crippen LogP contribution in [0.2, 0.25) is 0 Å². The van der Waals surface area contributed by atoms with Crippen molar-refractivity contribution < 1.29 is 17.9 Å². The number of hydrogen-bond donors (Lipinski definition) is 0. The van der Waals surface area contributed by atoms with Crippen molar-refractivity contribution in [3.05, 3.63) is 47.2 Å². The van der Waals surface area contributed by atoms with Crippen molar-refractivity contribution in [3.8, 4) is 5.75 Å². The molecular weight excluding hydrogens is 440 g/mol. The number of carbonyl (C=O) groups excluding carboxylic acids is 1. The van der Waals surface area contributed by atoms with Crippen LogP contribution in [-0.4, -0.2) is 69.8 Å². The maximum atomic E-state index is 13.3. The molecule has 0 radical (unpaired) electrons. The van der Waals surface area contributed by atoms with Gasteiger partial charge in [0.2, 0.25) is 10.0 Å². The van der Waals surface area contributed by atoms with Gasteiger partial charge in [0.05, 0.1) is 24.1 Å². The largest absolute Gasteiger partial charge is 0.496 e. The second-order valence-corrected chi connectivity index (χ2v) is 11.1. The number of piperazine rings is 1. The Morgan fingerprint density at radius 2 is 1.85 bits per heavy atom. The van der Waals surface area contributed by atoms with Gasteiger partial charge in [-0.25, -0.2) is 13.4 Å². The van der Waals surface area contributed by atoms with E-state index in [4.69, 9.17) is 9.72 Å². The minimum atomic E-state index is -3.29. The molecule has 0 N–H and O–H groups in total. The predicted octanol–water partition coefficient (Wildman–Crippen LogP) is 2.78. The fourth-order valence-corrected chi connectivity index (χ4v) is 6.35. The van der Waals surface area contributed by atoms with Gasteiger partial charge in [-0.05, 0) is 55.4 Å². The van der Waals surface area contributed by atoms with Crippen LogP contribution >= 0.6 is 0 Å². The highest BCUT2D eigenvalue weighted by Crippen LogP contribution is 2.40. The fourth-order valence-electron chi connectivity index (χ4n) is 4.79. The van der Waals surface area contributed by atoms with Crippen molar-refractivity contribution >= 4 is 27.4 Å². The first-order valence-corrected chi connectivity index (χ1v) is 13.2. The maximum Gasteiger partial charge on any atom is 0.257 e. The van der Waals surface area contributed by atoms with Gasteiger partial charge in [-0.15, -0.1) is 0 Å². The number of carbonyl (C=O) groups is 1. The molecule has 1 amide bonds. The SMILES string of the molecule is COc1cc(N2CCCS2(=O)=O)ccc1C(=O)N1CCN(c2ncc(C3CC3)cc2C)CC1. The Bertz CT molecular complexity index is 1170. The Kier molecular flexibility index (Phi) is 5.68. The zero-order chi connectivity index (χ0) is 23.2. The fraction of sp³-hybridized carbons (Fsp3) is 0.500.